The number of nitrogens with zero attached hydrogens (tertiary/aromatic N) is 2. The molecule has 1 N–H and O–H groups in total. The van der Waals surface area contributed by atoms with E-state index in [0.717, 1.165) is 16.0 Å². The summed E-state index contributed by atoms with van der Waals surface area (Å²) in [6, 6.07) is 19.9. The van der Waals surface area contributed by atoms with Gasteiger partial charge in [-0.25, -0.2) is 0 Å². The molecule has 0 saturated heterocycles. The molecule has 150 valence electrons. The van der Waals surface area contributed by atoms with Gasteiger partial charge in [0, 0.05) is 19.2 Å². The molecule has 3 aromatic rings. The number of fused-ring (bicyclic) bond motifs is 1. The number of aryl methyl sites for hydroxylation is 1. The lowest BCUT2D eigenvalue weighted by atomic mass is 10.0. The summed E-state index contributed by atoms with van der Waals surface area (Å²) in [7, 11) is 0. The van der Waals surface area contributed by atoms with Crippen LogP contribution in [-0.2, 0) is 4.79 Å². The van der Waals surface area contributed by atoms with E-state index < -0.39 is 6.04 Å². The van der Waals surface area contributed by atoms with E-state index in [9.17, 15) is 14.4 Å². The van der Waals surface area contributed by atoms with Gasteiger partial charge in [-0.05, 0) is 36.8 Å². The normalized spacial score (nSPS) is 13.8. The number of pyridine rings is 1. The van der Waals surface area contributed by atoms with Crippen LogP contribution in [0.5, 0.6) is 0 Å². The number of rotatable bonds is 6. The molecule has 1 unspecified atom stereocenters. The fraction of sp³-hybridized carbons (Fsp3) is 0.167. The van der Waals surface area contributed by atoms with Gasteiger partial charge in [0.1, 0.15) is 0 Å². The van der Waals surface area contributed by atoms with Crippen LogP contribution in [0, 0.1) is 6.92 Å². The molecular formula is C24H21N3O3. The van der Waals surface area contributed by atoms with Crippen LogP contribution in [0.25, 0.3) is 0 Å². The maximum absolute atomic E-state index is 12.7. The Morgan fingerprint density at radius 2 is 1.70 bits per heavy atom. The van der Waals surface area contributed by atoms with E-state index in [1.165, 1.54) is 0 Å². The van der Waals surface area contributed by atoms with E-state index in [1.807, 2.05) is 55.5 Å². The average molecular weight is 399 g/mol. The van der Waals surface area contributed by atoms with Crippen LogP contribution in [0.15, 0.2) is 72.9 Å². The Kier molecular flexibility index (Phi) is 5.39. The van der Waals surface area contributed by atoms with Gasteiger partial charge >= 0.3 is 0 Å². The summed E-state index contributed by atoms with van der Waals surface area (Å²) >= 11 is 0. The number of amides is 3. The van der Waals surface area contributed by atoms with Crippen LogP contribution in [0.3, 0.4) is 0 Å². The topological polar surface area (TPSA) is 79.4 Å². The van der Waals surface area contributed by atoms with Crippen molar-refractivity contribution in [2.24, 2.45) is 0 Å². The highest BCUT2D eigenvalue weighted by Gasteiger charge is 2.35. The third-order valence-corrected chi connectivity index (χ3v) is 5.11. The van der Waals surface area contributed by atoms with Crippen molar-refractivity contribution in [3.8, 4) is 0 Å². The molecule has 1 atom stereocenters. The minimum Gasteiger partial charge on any atom is -0.344 e. The lowest BCUT2D eigenvalue weighted by Gasteiger charge is -2.20. The first-order valence-electron chi connectivity index (χ1n) is 9.76. The number of nitrogens with one attached hydrogen (secondary N) is 1. The predicted octanol–water partition coefficient (Wildman–Crippen LogP) is 3.28. The zero-order chi connectivity index (χ0) is 21.1. The van der Waals surface area contributed by atoms with Crippen molar-refractivity contribution < 1.29 is 14.4 Å². The molecule has 0 aliphatic carbocycles. The molecule has 0 spiro atoms. The van der Waals surface area contributed by atoms with Gasteiger partial charge in [0.25, 0.3) is 11.8 Å². The van der Waals surface area contributed by atoms with Crippen LogP contribution in [0.4, 0.5) is 0 Å². The summed E-state index contributed by atoms with van der Waals surface area (Å²) in [5, 5.41) is 2.98. The molecule has 0 saturated carbocycles. The van der Waals surface area contributed by atoms with Gasteiger partial charge < -0.3 is 5.32 Å². The van der Waals surface area contributed by atoms with Crippen molar-refractivity contribution in [3.05, 3.63) is 101 Å². The number of hydrogen-bond donors (Lipinski definition) is 1. The SMILES string of the molecule is Cc1ccc2c(c1)C(=O)N(CCC(=O)NC(c1ccccc1)c1ccccn1)C2=O. The summed E-state index contributed by atoms with van der Waals surface area (Å²) in [6.07, 6.45) is 1.69. The van der Waals surface area contributed by atoms with Gasteiger partial charge in [-0.2, -0.15) is 0 Å². The molecule has 1 aliphatic rings. The first-order valence-corrected chi connectivity index (χ1v) is 9.76. The molecule has 2 aromatic carbocycles. The molecule has 0 bridgehead atoms. The summed E-state index contributed by atoms with van der Waals surface area (Å²) in [5.74, 6) is -0.967. The van der Waals surface area contributed by atoms with Gasteiger partial charge in [0.2, 0.25) is 5.91 Å². The van der Waals surface area contributed by atoms with E-state index in [2.05, 4.69) is 10.3 Å². The van der Waals surface area contributed by atoms with E-state index in [4.69, 9.17) is 0 Å². The van der Waals surface area contributed by atoms with Crippen molar-refractivity contribution in [1.82, 2.24) is 15.2 Å². The van der Waals surface area contributed by atoms with E-state index in [-0.39, 0.29) is 30.7 Å². The fourth-order valence-corrected chi connectivity index (χ4v) is 3.57. The lowest BCUT2D eigenvalue weighted by Crippen LogP contribution is -2.36. The van der Waals surface area contributed by atoms with Crippen LogP contribution in [0.1, 0.15) is 50.0 Å². The van der Waals surface area contributed by atoms with Gasteiger partial charge in [-0.1, -0.05) is 48.0 Å². The quantitative estimate of drug-likeness (QED) is 0.645. The van der Waals surface area contributed by atoms with Crippen molar-refractivity contribution in [1.29, 1.82) is 0 Å². The second-order valence-electron chi connectivity index (χ2n) is 7.23. The number of benzene rings is 2. The largest absolute Gasteiger partial charge is 0.344 e. The van der Waals surface area contributed by atoms with Crippen LogP contribution in [0.2, 0.25) is 0 Å². The molecule has 2 heterocycles. The van der Waals surface area contributed by atoms with Crippen molar-refractivity contribution >= 4 is 17.7 Å². The maximum atomic E-state index is 12.7. The molecule has 6 heteroatoms. The predicted molar refractivity (Wildman–Crippen MR) is 112 cm³/mol. The zero-order valence-electron chi connectivity index (χ0n) is 16.5. The Bertz CT molecular complexity index is 1060. The molecule has 0 fully saturated rings. The number of carbonyl (C=O) groups excluding carboxylic acids is 3. The highest BCUT2D eigenvalue weighted by molar-refractivity contribution is 6.21. The minimum atomic E-state index is -0.412. The summed E-state index contributed by atoms with van der Waals surface area (Å²) in [4.78, 5) is 43.4. The monoisotopic (exact) mass is 399 g/mol. The van der Waals surface area contributed by atoms with E-state index in [0.29, 0.717) is 16.8 Å². The third kappa shape index (κ3) is 3.85. The number of hydrogen-bond acceptors (Lipinski definition) is 4. The first kappa shape index (κ1) is 19.5. The molecular weight excluding hydrogens is 378 g/mol. The van der Waals surface area contributed by atoms with Gasteiger partial charge in [-0.15, -0.1) is 0 Å². The summed E-state index contributed by atoms with van der Waals surface area (Å²) < 4.78 is 0. The van der Waals surface area contributed by atoms with E-state index >= 15 is 0 Å². The Hall–Kier alpha value is -3.80. The Labute approximate surface area is 174 Å². The average Bonchev–Trinajstić information content (AvgIpc) is 3.01. The van der Waals surface area contributed by atoms with Crippen molar-refractivity contribution in [3.63, 3.8) is 0 Å². The molecule has 0 radical (unpaired) electrons. The number of carbonyl (C=O) groups is 3. The second-order valence-corrected chi connectivity index (χ2v) is 7.23. The summed E-state index contributed by atoms with van der Waals surface area (Å²) in [5.41, 5.74) is 3.32. The summed E-state index contributed by atoms with van der Waals surface area (Å²) in [6.45, 7) is 1.90. The Morgan fingerprint density at radius 3 is 2.43 bits per heavy atom. The van der Waals surface area contributed by atoms with Crippen LogP contribution in [-0.4, -0.2) is 34.2 Å². The highest BCUT2D eigenvalue weighted by Crippen LogP contribution is 2.24. The fourth-order valence-electron chi connectivity index (χ4n) is 3.57. The van der Waals surface area contributed by atoms with Crippen molar-refractivity contribution in [2.75, 3.05) is 6.54 Å². The Morgan fingerprint density at radius 1 is 0.967 bits per heavy atom. The third-order valence-electron chi connectivity index (χ3n) is 5.11. The minimum absolute atomic E-state index is 0.0145. The van der Waals surface area contributed by atoms with Gasteiger partial charge in [0.15, 0.2) is 0 Å². The van der Waals surface area contributed by atoms with Gasteiger partial charge in [0.05, 0.1) is 22.9 Å². The molecule has 6 nitrogen and oxygen atoms in total. The first-order chi connectivity index (χ1) is 14.5. The van der Waals surface area contributed by atoms with E-state index in [1.54, 1.807) is 24.4 Å². The lowest BCUT2D eigenvalue weighted by molar-refractivity contribution is -0.121. The van der Waals surface area contributed by atoms with Gasteiger partial charge in [-0.3, -0.25) is 24.3 Å². The van der Waals surface area contributed by atoms with Crippen molar-refractivity contribution in [2.45, 2.75) is 19.4 Å². The van der Waals surface area contributed by atoms with Crippen LogP contribution >= 0.6 is 0 Å². The maximum Gasteiger partial charge on any atom is 0.261 e. The Balaban J connectivity index is 1.46. The zero-order valence-corrected chi connectivity index (χ0v) is 16.5. The molecule has 4 rings (SSSR count). The number of aromatic nitrogens is 1. The second kappa shape index (κ2) is 8.29. The standard InChI is InChI=1S/C24H21N3O3/c1-16-10-11-18-19(15-16)24(30)27(23(18)29)14-12-21(28)26-22(17-7-3-2-4-8-17)20-9-5-6-13-25-20/h2-11,13,15,22H,12,14H2,1H3,(H,26,28). The highest BCUT2D eigenvalue weighted by atomic mass is 16.2. The molecule has 3 amide bonds. The van der Waals surface area contributed by atoms with Crippen LogP contribution < -0.4 is 5.32 Å². The molecule has 1 aliphatic heterocycles. The smallest absolute Gasteiger partial charge is 0.261 e. The number of imide groups is 1. The molecule has 30 heavy (non-hydrogen) atoms. The molecule has 1 aromatic heterocycles.